The van der Waals surface area contributed by atoms with Crippen LogP contribution in [0.1, 0.15) is 34.3 Å². The van der Waals surface area contributed by atoms with Crippen molar-refractivity contribution in [2.24, 2.45) is 5.73 Å². The lowest BCUT2D eigenvalue weighted by Gasteiger charge is -2.20. The molecule has 2 rings (SSSR count). The predicted octanol–water partition coefficient (Wildman–Crippen LogP) is -0.432. The molecule has 0 aromatic heterocycles. The lowest BCUT2D eigenvalue weighted by molar-refractivity contribution is -0.143. The number of carbonyl (C=O) groups is 5. The van der Waals surface area contributed by atoms with E-state index in [2.05, 4.69) is 16.0 Å². The second-order valence-corrected chi connectivity index (χ2v) is 7.98. The summed E-state index contributed by atoms with van der Waals surface area (Å²) in [7, 11) is 0. The fraction of sp³-hybridized carbons (Fsp3) is 0.250. The zero-order valence-electron chi connectivity index (χ0n) is 19.6. The number of nitrogens with one attached hydrogen (secondary N) is 4. The van der Waals surface area contributed by atoms with E-state index in [4.69, 9.17) is 16.2 Å². The van der Waals surface area contributed by atoms with Crippen LogP contribution in [0.5, 0.6) is 5.75 Å². The number of carboxylic acids is 2. The van der Waals surface area contributed by atoms with Gasteiger partial charge in [-0.3, -0.25) is 24.6 Å². The average Bonchev–Trinajstić information content (AvgIpc) is 2.84. The summed E-state index contributed by atoms with van der Waals surface area (Å²) in [5.74, 6) is -5.18. The van der Waals surface area contributed by atoms with Gasteiger partial charge in [-0.05, 0) is 29.8 Å². The van der Waals surface area contributed by atoms with E-state index in [1.807, 2.05) is 0 Å². The number of aliphatic carboxylic acids is 2. The smallest absolute Gasteiger partial charge is 0.326 e. The van der Waals surface area contributed by atoms with Gasteiger partial charge in [0.1, 0.15) is 23.7 Å². The van der Waals surface area contributed by atoms with Gasteiger partial charge < -0.3 is 37.0 Å². The van der Waals surface area contributed by atoms with Crippen molar-refractivity contribution in [3.8, 4) is 5.75 Å². The van der Waals surface area contributed by atoms with Gasteiger partial charge in [-0.2, -0.15) is 0 Å². The van der Waals surface area contributed by atoms with Crippen molar-refractivity contribution in [2.75, 3.05) is 6.54 Å². The topological polar surface area (TPSA) is 232 Å². The van der Waals surface area contributed by atoms with Crippen LogP contribution in [0.25, 0.3) is 0 Å². The molecule has 13 heteroatoms. The Bertz CT molecular complexity index is 1160. The number of nitrogens with two attached hydrogens (primary N) is 1. The number of nitrogen functional groups attached to an aromatic ring is 1. The molecule has 0 fully saturated rings. The molecule has 0 unspecified atom stereocenters. The Morgan fingerprint density at radius 2 is 1.46 bits per heavy atom. The Kier molecular flexibility index (Phi) is 10.1. The normalized spacial score (nSPS) is 12.0. The Labute approximate surface area is 211 Å². The van der Waals surface area contributed by atoms with Gasteiger partial charge in [0, 0.05) is 30.5 Å². The number of carboxylic acid groups (broad SMARTS) is 2. The number of amides is 3. The van der Waals surface area contributed by atoms with Crippen molar-refractivity contribution in [3.05, 3.63) is 65.2 Å². The van der Waals surface area contributed by atoms with E-state index in [0.29, 0.717) is 11.1 Å². The van der Waals surface area contributed by atoms with Crippen molar-refractivity contribution >= 4 is 35.5 Å². The Balaban J connectivity index is 1.93. The minimum Gasteiger partial charge on any atom is -0.508 e. The first-order chi connectivity index (χ1) is 17.5. The highest BCUT2D eigenvalue weighted by atomic mass is 16.4. The van der Waals surface area contributed by atoms with E-state index < -0.39 is 48.2 Å². The summed E-state index contributed by atoms with van der Waals surface area (Å²) in [5.41, 5.74) is 6.56. The highest BCUT2D eigenvalue weighted by Gasteiger charge is 2.28. The van der Waals surface area contributed by atoms with Crippen LogP contribution in [0.2, 0.25) is 0 Å². The first-order valence-corrected chi connectivity index (χ1v) is 11.0. The van der Waals surface area contributed by atoms with Gasteiger partial charge in [0.2, 0.25) is 11.8 Å². The standard InChI is InChI=1S/C24H27N5O8/c25-21(26)14-3-5-15(6-4-14)22(34)27-10-9-19(31)28-17(12-20(32)33)23(35)29-18(24(36)37)11-13-1-7-16(30)8-2-13/h1-8,17-18,30H,9-12H2,(H3,25,26)(H,27,34)(H,28,31)(H,29,35)(H,32,33)(H,36,37)/t17-,18+/m0/s1. The highest BCUT2D eigenvalue weighted by molar-refractivity contribution is 5.98. The van der Waals surface area contributed by atoms with Crippen LogP contribution in [-0.2, 0) is 25.6 Å². The molecule has 0 bridgehead atoms. The number of rotatable bonds is 13. The molecule has 0 saturated carbocycles. The third kappa shape index (κ3) is 9.32. The minimum absolute atomic E-state index is 0.0222. The lowest BCUT2D eigenvalue weighted by atomic mass is 10.0. The summed E-state index contributed by atoms with van der Waals surface area (Å²) >= 11 is 0. The molecule has 0 radical (unpaired) electrons. The summed E-state index contributed by atoms with van der Waals surface area (Å²) in [6.07, 6.45) is -1.22. The van der Waals surface area contributed by atoms with Gasteiger partial charge in [-0.25, -0.2) is 4.79 Å². The van der Waals surface area contributed by atoms with Crippen LogP contribution < -0.4 is 21.7 Å². The quantitative estimate of drug-likeness (QED) is 0.128. The van der Waals surface area contributed by atoms with Crippen LogP contribution in [0.3, 0.4) is 0 Å². The molecule has 0 aliphatic heterocycles. The number of hydrogen-bond acceptors (Lipinski definition) is 7. The SMILES string of the molecule is N=C(N)c1ccc(C(=O)NCCC(=O)N[C@@H](CC(=O)O)C(=O)N[C@H](Cc2ccc(O)cc2)C(=O)O)cc1. The fourth-order valence-corrected chi connectivity index (χ4v) is 3.18. The molecular weight excluding hydrogens is 486 g/mol. The molecule has 3 amide bonds. The molecule has 2 atom stereocenters. The van der Waals surface area contributed by atoms with Crippen molar-refractivity contribution in [1.29, 1.82) is 5.41 Å². The molecular formula is C24H27N5O8. The number of aromatic hydroxyl groups is 1. The first kappa shape index (κ1) is 28.3. The number of hydrogen-bond donors (Lipinski definition) is 8. The maximum atomic E-state index is 12.6. The molecule has 2 aromatic rings. The van der Waals surface area contributed by atoms with E-state index in [0.717, 1.165) is 0 Å². The Morgan fingerprint density at radius 1 is 0.865 bits per heavy atom. The number of phenols is 1. The molecule has 0 aliphatic rings. The van der Waals surface area contributed by atoms with Gasteiger partial charge in [0.25, 0.3) is 5.91 Å². The molecule has 9 N–H and O–H groups in total. The average molecular weight is 514 g/mol. The number of benzene rings is 2. The molecule has 0 spiro atoms. The Hall–Kier alpha value is -4.94. The molecule has 196 valence electrons. The van der Waals surface area contributed by atoms with Gasteiger partial charge in [0.05, 0.1) is 6.42 Å². The van der Waals surface area contributed by atoms with Gasteiger partial charge >= 0.3 is 11.9 Å². The first-order valence-electron chi connectivity index (χ1n) is 11.0. The van der Waals surface area contributed by atoms with Crippen molar-refractivity contribution < 1.29 is 39.3 Å². The van der Waals surface area contributed by atoms with Gasteiger partial charge in [-0.1, -0.05) is 24.3 Å². The number of amidine groups is 1. The number of phenolic OH excluding ortho intramolecular Hbond substituents is 1. The van der Waals surface area contributed by atoms with Gasteiger partial charge in [-0.15, -0.1) is 0 Å². The summed E-state index contributed by atoms with van der Waals surface area (Å²) in [4.78, 5) is 60.0. The zero-order valence-corrected chi connectivity index (χ0v) is 19.6. The lowest BCUT2D eigenvalue weighted by Crippen LogP contribution is -2.53. The monoisotopic (exact) mass is 513 g/mol. The summed E-state index contributed by atoms with van der Waals surface area (Å²) < 4.78 is 0. The largest absolute Gasteiger partial charge is 0.508 e. The van der Waals surface area contributed by atoms with Crippen molar-refractivity contribution in [2.45, 2.75) is 31.3 Å². The second kappa shape index (κ2) is 13.2. The molecule has 0 aliphatic carbocycles. The Morgan fingerprint density at radius 3 is 2.00 bits per heavy atom. The summed E-state index contributed by atoms with van der Waals surface area (Å²) in [6.45, 7) is -0.126. The minimum atomic E-state index is -1.55. The van der Waals surface area contributed by atoms with Crippen LogP contribution in [0.15, 0.2) is 48.5 Å². The van der Waals surface area contributed by atoms with E-state index in [-0.39, 0.29) is 36.5 Å². The second-order valence-electron chi connectivity index (χ2n) is 7.98. The third-order valence-electron chi connectivity index (χ3n) is 5.12. The van der Waals surface area contributed by atoms with Crippen LogP contribution in [0.4, 0.5) is 0 Å². The summed E-state index contributed by atoms with van der Waals surface area (Å²) in [6, 6.07) is 8.57. The van der Waals surface area contributed by atoms with Crippen LogP contribution >= 0.6 is 0 Å². The molecule has 0 saturated heterocycles. The van der Waals surface area contributed by atoms with E-state index in [1.54, 1.807) is 0 Å². The molecule has 0 heterocycles. The van der Waals surface area contributed by atoms with Gasteiger partial charge in [0.15, 0.2) is 0 Å². The maximum absolute atomic E-state index is 12.6. The van der Waals surface area contributed by atoms with Crippen LogP contribution in [0, 0.1) is 5.41 Å². The zero-order chi connectivity index (χ0) is 27.5. The highest BCUT2D eigenvalue weighted by Crippen LogP contribution is 2.12. The molecule has 37 heavy (non-hydrogen) atoms. The van der Waals surface area contributed by atoms with Crippen molar-refractivity contribution in [3.63, 3.8) is 0 Å². The van der Waals surface area contributed by atoms with E-state index >= 15 is 0 Å². The van der Waals surface area contributed by atoms with E-state index in [9.17, 15) is 34.2 Å². The summed E-state index contributed by atoms with van der Waals surface area (Å²) in [5, 5.41) is 42.3. The molecule has 2 aromatic carbocycles. The van der Waals surface area contributed by atoms with Crippen LogP contribution in [-0.4, -0.2) is 69.4 Å². The van der Waals surface area contributed by atoms with E-state index in [1.165, 1.54) is 48.5 Å². The molecule has 13 nitrogen and oxygen atoms in total. The third-order valence-corrected chi connectivity index (χ3v) is 5.12. The number of carbonyl (C=O) groups excluding carboxylic acids is 3. The maximum Gasteiger partial charge on any atom is 0.326 e. The predicted molar refractivity (Wildman–Crippen MR) is 130 cm³/mol. The van der Waals surface area contributed by atoms with Crippen molar-refractivity contribution in [1.82, 2.24) is 16.0 Å². The fourth-order valence-electron chi connectivity index (χ4n) is 3.18.